The standard InChI is InChI=1S/C10H15N3O3/c1-7(4-10(15)16)3-9(14)12-8-5-11-13(2)6-8/h5-7H,3-4H2,1-2H3,(H,12,14)(H,15,16). The van der Waals surface area contributed by atoms with Crippen LogP contribution in [0.1, 0.15) is 19.8 Å². The van der Waals surface area contributed by atoms with Crippen LogP contribution in [0.2, 0.25) is 0 Å². The third kappa shape index (κ3) is 4.12. The summed E-state index contributed by atoms with van der Waals surface area (Å²) in [4.78, 5) is 21.9. The van der Waals surface area contributed by atoms with Crippen molar-refractivity contribution in [3.8, 4) is 0 Å². The first-order chi connectivity index (χ1) is 7.47. The molecule has 0 aliphatic heterocycles. The van der Waals surface area contributed by atoms with Gasteiger partial charge in [0.05, 0.1) is 11.9 Å². The zero-order valence-electron chi connectivity index (χ0n) is 9.30. The van der Waals surface area contributed by atoms with E-state index in [-0.39, 0.29) is 24.7 Å². The van der Waals surface area contributed by atoms with Gasteiger partial charge in [-0.3, -0.25) is 14.3 Å². The number of carbonyl (C=O) groups excluding carboxylic acids is 1. The van der Waals surface area contributed by atoms with Crippen LogP contribution in [0.25, 0.3) is 0 Å². The number of hydrogen-bond donors (Lipinski definition) is 2. The summed E-state index contributed by atoms with van der Waals surface area (Å²) in [7, 11) is 1.75. The molecule has 0 saturated heterocycles. The van der Waals surface area contributed by atoms with Gasteiger partial charge in [0, 0.05) is 26.1 Å². The molecule has 6 heteroatoms. The molecular weight excluding hydrogens is 210 g/mol. The fourth-order valence-corrected chi connectivity index (χ4v) is 1.38. The lowest BCUT2D eigenvalue weighted by molar-refractivity contribution is -0.138. The van der Waals surface area contributed by atoms with Gasteiger partial charge in [-0.25, -0.2) is 0 Å². The first kappa shape index (κ1) is 12.2. The van der Waals surface area contributed by atoms with Crippen molar-refractivity contribution in [1.82, 2.24) is 9.78 Å². The summed E-state index contributed by atoms with van der Waals surface area (Å²) >= 11 is 0. The predicted molar refractivity (Wildman–Crippen MR) is 57.9 cm³/mol. The van der Waals surface area contributed by atoms with Gasteiger partial charge in [0.15, 0.2) is 0 Å². The fourth-order valence-electron chi connectivity index (χ4n) is 1.38. The van der Waals surface area contributed by atoms with Gasteiger partial charge in [-0.2, -0.15) is 5.10 Å². The molecule has 1 heterocycles. The minimum absolute atomic E-state index is 0.000456. The zero-order chi connectivity index (χ0) is 12.1. The molecule has 1 aromatic heterocycles. The molecule has 16 heavy (non-hydrogen) atoms. The Morgan fingerprint density at radius 3 is 2.75 bits per heavy atom. The Morgan fingerprint density at radius 1 is 1.56 bits per heavy atom. The molecule has 6 nitrogen and oxygen atoms in total. The molecular formula is C10H15N3O3. The van der Waals surface area contributed by atoms with Crippen molar-refractivity contribution in [2.24, 2.45) is 13.0 Å². The van der Waals surface area contributed by atoms with Gasteiger partial charge < -0.3 is 10.4 Å². The van der Waals surface area contributed by atoms with Crippen molar-refractivity contribution in [2.75, 3.05) is 5.32 Å². The van der Waals surface area contributed by atoms with Crippen molar-refractivity contribution in [3.63, 3.8) is 0 Å². The topological polar surface area (TPSA) is 84.2 Å². The summed E-state index contributed by atoms with van der Waals surface area (Å²) in [5.41, 5.74) is 0.620. The van der Waals surface area contributed by atoms with Crippen molar-refractivity contribution in [2.45, 2.75) is 19.8 Å². The van der Waals surface area contributed by atoms with E-state index in [1.807, 2.05) is 0 Å². The highest BCUT2D eigenvalue weighted by atomic mass is 16.4. The van der Waals surface area contributed by atoms with Gasteiger partial charge in [0.1, 0.15) is 0 Å². The van der Waals surface area contributed by atoms with E-state index < -0.39 is 5.97 Å². The third-order valence-electron chi connectivity index (χ3n) is 2.05. The lowest BCUT2D eigenvalue weighted by Crippen LogP contribution is -2.16. The maximum absolute atomic E-state index is 11.5. The van der Waals surface area contributed by atoms with E-state index in [9.17, 15) is 9.59 Å². The Labute approximate surface area is 93.3 Å². The summed E-state index contributed by atoms with van der Waals surface area (Å²) in [6.45, 7) is 1.73. The minimum atomic E-state index is -0.887. The molecule has 1 rings (SSSR count). The van der Waals surface area contributed by atoms with Crippen molar-refractivity contribution in [3.05, 3.63) is 12.4 Å². The number of aromatic nitrogens is 2. The zero-order valence-corrected chi connectivity index (χ0v) is 9.30. The molecule has 0 aliphatic carbocycles. The predicted octanol–water partition coefficient (Wildman–Crippen LogP) is 0.859. The number of rotatable bonds is 5. The van der Waals surface area contributed by atoms with E-state index >= 15 is 0 Å². The normalized spacial score (nSPS) is 12.1. The Hall–Kier alpha value is -1.85. The maximum atomic E-state index is 11.5. The molecule has 1 atom stereocenters. The van der Waals surface area contributed by atoms with Gasteiger partial charge >= 0.3 is 5.97 Å². The van der Waals surface area contributed by atoms with Crippen molar-refractivity contribution in [1.29, 1.82) is 0 Å². The Balaban J connectivity index is 2.38. The number of carboxylic acids is 1. The van der Waals surface area contributed by atoms with E-state index in [2.05, 4.69) is 10.4 Å². The second-order valence-corrected chi connectivity index (χ2v) is 3.86. The van der Waals surface area contributed by atoms with Crippen LogP contribution in [0.5, 0.6) is 0 Å². The van der Waals surface area contributed by atoms with E-state index in [4.69, 9.17) is 5.11 Å². The number of hydrogen-bond acceptors (Lipinski definition) is 3. The molecule has 1 amide bonds. The highest BCUT2D eigenvalue weighted by molar-refractivity contribution is 5.90. The number of carbonyl (C=O) groups is 2. The molecule has 0 bridgehead atoms. The van der Waals surface area contributed by atoms with Gasteiger partial charge in [0.25, 0.3) is 0 Å². The molecule has 2 N–H and O–H groups in total. The van der Waals surface area contributed by atoms with Gasteiger partial charge in [-0.1, -0.05) is 6.92 Å². The van der Waals surface area contributed by atoms with Crippen LogP contribution in [-0.2, 0) is 16.6 Å². The number of nitrogens with one attached hydrogen (secondary N) is 1. The monoisotopic (exact) mass is 225 g/mol. The molecule has 0 aliphatic rings. The number of aryl methyl sites for hydroxylation is 1. The summed E-state index contributed by atoms with van der Waals surface area (Å²) in [5.74, 6) is -1.25. The Morgan fingerprint density at radius 2 is 2.25 bits per heavy atom. The molecule has 1 aromatic rings. The highest BCUT2D eigenvalue weighted by Gasteiger charge is 2.12. The van der Waals surface area contributed by atoms with Gasteiger partial charge in [-0.05, 0) is 5.92 Å². The lowest BCUT2D eigenvalue weighted by Gasteiger charge is -2.07. The minimum Gasteiger partial charge on any atom is -0.481 e. The largest absolute Gasteiger partial charge is 0.481 e. The van der Waals surface area contributed by atoms with E-state index in [1.54, 1.807) is 31.0 Å². The van der Waals surface area contributed by atoms with E-state index in [0.717, 1.165) is 0 Å². The molecule has 0 spiro atoms. The summed E-state index contributed by atoms with van der Waals surface area (Å²) < 4.78 is 1.58. The lowest BCUT2D eigenvalue weighted by atomic mass is 10.0. The second kappa shape index (κ2) is 5.29. The number of amides is 1. The molecule has 0 saturated carbocycles. The van der Waals surface area contributed by atoms with E-state index in [0.29, 0.717) is 5.69 Å². The molecule has 1 unspecified atom stereocenters. The Bertz CT molecular complexity index is 386. The first-order valence-corrected chi connectivity index (χ1v) is 4.97. The third-order valence-corrected chi connectivity index (χ3v) is 2.05. The van der Waals surface area contributed by atoms with Crippen LogP contribution in [0.4, 0.5) is 5.69 Å². The molecule has 88 valence electrons. The maximum Gasteiger partial charge on any atom is 0.303 e. The van der Waals surface area contributed by atoms with Gasteiger partial charge in [-0.15, -0.1) is 0 Å². The van der Waals surface area contributed by atoms with Crippen LogP contribution in [0.3, 0.4) is 0 Å². The Kier molecular flexibility index (Phi) is 4.04. The van der Waals surface area contributed by atoms with E-state index in [1.165, 1.54) is 0 Å². The van der Waals surface area contributed by atoms with Crippen LogP contribution in [0.15, 0.2) is 12.4 Å². The summed E-state index contributed by atoms with van der Waals surface area (Å²) in [6.07, 6.45) is 3.42. The fraction of sp³-hybridized carbons (Fsp3) is 0.500. The second-order valence-electron chi connectivity index (χ2n) is 3.86. The summed E-state index contributed by atoms with van der Waals surface area (Å²) in [6, 6.07) is 0. The number of nitrogens with zero attached hydrogens (tertiary/aromatic N) is 2. The quantitative estimate of drug-likeness (QED) is 0.778. The van der Waals surface area contributed by atoms with Crippen LogP contribution < -0.4 is 5.32 Å². The average Bonchev–Trinajstić information content (AvgIpc) is 2.48. The number of aliphatic carboxylic acids is 1. The summed E-state index contributed by atoms with van der Waals surface area (Å²) in [5, 5.41) is 15.1. The van der Waals surface area contributed by atoms with Gasteiger partial charge in [0.2, 0.25) is 5.91 Å². The van der Waals surface area contributed by atoms with Crippen molar-refractivity contribution >= 4 is 17.6 Å². The van der Waals surface area contributed by atoms with Crippen LogP contribution in [-0.4, -0.2) is 26.8 Å². The molecule has 0 radical (unpaired) electrons. The van der Waals surface area contributed by atoms with Crippen LogP contribution >= 0.6 is 0 Å². The number of anilines is 1. The smallest absolute Gasteiger partial charge is 0.303 e. The highest BCUT2D eigenvalue weighted by Crippen LogP contribution is 2.10. The molecule has 0 aromatic carbocycles. The van der Waals surface area contributed by atoms with Crippen molar-refractivity contribution < 1.29 is 14.7 Å². The molecule has 0 fully saturated rings. The number of carboxylic acid groups (broad SMARTS) is 1. The first-order valence-electron chi connectivity index (χ1n) is 4.97. The average molecular weight is 225 g/mol. The SMILES string of the molecule is CC(CC(=O)O)CC(=O)Nc1cnn(C)c1. The van der Waals surface area contributed by atoms with Crippen LogP contribution in [0, 0.1) is 5.92 Å².